The van der Waals surface area contributed by atoms with Crippen molar-refractivity contribution < 1.29 is 12.9 Å². The van der Waals surface area contributed by atoms with Crippen LogP contribution in [0.15, 0.2) is 11.5 Å². The third-order valence-corrected chi connectivity index (χ3v) is 2.55. The van der Waals surface area contributed by atoms with Gasteiger partial charge in [0.2, 0.25) is 0 Å². The Kier molecular flexibility index (Phi) is 2.93. The minimum Gasteiger partial charge on any atom is -0.445 e. The summed E-state index contributed by atoms with van der Waals surface area (Å²) >= 11 is 1.72. The average molecular weight is 181 g/mol. The van der Waals surface area contributed by atoms with Crippen molar-refractivity contribution in [1.29, 1.82) is 0 Å². The van der Waals surface area contributed by atoms with Gasteiger partial charge in [0, 0.05) is 0 Å². The Bertz CT molecular complexity index is 156. The lowest BCUT2D eigenvalue weighted by Gasteiger charge is -2.17. The summed E-state index contributed by atoms with van der Waals surface area (Å²) < 4.78 is 35.5. The van der Waals surface area contributed by atoms with E-state index < -0.39 is 6.98 Å². The van der Waals surface area contributed by atoms with Crippen molar-refractivity contribution in [2.75, 3.05) is 11.5 Å². The maximum atomic E-state index is 11.8. The molecule has 0 spiro atoms. The highest BCUT2D eigenvalue weighted by molar-refractivity contribution is 7.99. The first-order chi connectivity index (χ1) is 5.08. The maximum Gasteiger partial charge on any atom is 0.502 e. The molecule has 1 rings (SSSR count). The maximum absolute atomic E-state index is 11.8. The molecule has 1 saturated heterocycles. The summed E-state index contributed by atoms with van der Waals surface area (Å²) in [7, 11) is 0. The lowest BCUT2D eigenvalue weighted by molar-refractivity contribution is 0.497. The molecule has 0 unspecified atom stereocenters. The Hall–Kier alpha value is -0.0551. The summed E-state index contributed by atoms with van der Waals surface area (Å²) in [6.45, 7) is -4.70. The van der Waals surface area contributed by atoms with Gasteiger partial charge in [-0.2, -0.15) is 11.8 Å². The molecule has 0 radical (unpaired) electrons. The van der Waals surface area contributed by atoms with Crippen LogP contribution in [-0.2, 0) is 0 Å². The zero-order chi connectivity index (χ0) is 8.32. The quantitative estimate of drug-likeness (QED) is 0.560. The zero-order valence-corrected chi connectivity index (χ0v) is 6.84. The van der Waals surface area contributed by atoms with Gasteiger partial charge in [-0.3, -0.25) is 0 Å². The summed E-state index contributed by atoms with van der Waals surface area (Å²) in [5.41, 5.74) is 0.580. The molecule has 1 fully saturated rings. The first-order valence-electron chi connectivity index (χ1n) is 3.56. The first kappa shape index (κ1) is 9.04. The highest BCUT2D eigenvalue weighted by Crippen LogP contribution is 2.24. The summed E-state index contributed by atoms with van der Waals surface area (Å²) in [6, 6.07) is 0. The average Bonchev–Trinajstić information content (AvgIpc) is 1.85. The van der Waals surface area contributed by atoms with Crippen molar-refractivity contribution in [2.45, 2.75) is 12.8 Å². The number of thioether (sulfide) groups is 1. The topological polar surface area (TPSA) is 0 Å². The van der Waals surface area contributed by atoms with Crippen molar-refractivity contribution in [3.05, 3.63) is 11.5 Å². The predicted octanol–water partition coefficient (Wildman–Crippen LogP) is 2.83. The van der Waals surface area contributed by atoms with E-state index in [1.807, 2.05) is 0 Å². The van der Waals surface area contributed by atoms with Crippen LogP contribution in [0.25, 0.3) is 0 Å². The second-order valence-electron chi connectivity index (χ2n) is 2.56. The summed E-state index contributed by atoms with van der Waals surface area (Å²) in [6.07, 6.45) is 1.23. The molecule has 11 heavy (non-hydrogen) atoms. The number of rotatable bonds is 1. The monoisotopic (exact) mass is 181 g/mol. The van der Waals surface area contributed by atoms with Crippen LogP contribution in [0.3, 0.4) is 0 Å². The van der Waals surface area contributed by atoms with Gasteiger partial charge >= 0.3 is 6.98 Å². The van der Waals surface area contributed by atoms with Crippen LogP contribution in [0.2, 0.25) is 0 Å². The van der Waals surface area contributed by atoms with E-state index in [1.165, 1.54) is 0 Å². The van der Waals surface area contributed by atoms with Crippen molar-refractivity contribution in [2.24, 2.45) is 0 Å². The van der Waals surface area contributed by atoms with Crippen LogP contribution in [0, 0.1) is 0 Å². The van der Waals surface area contributed by atoms with Crippen molar-refractivity contribution in [3.8, 4) is 0 Å². The van der Waals surface area contributed by atoms with Crippen molar-refractivity contribution in [1.82, 2.24) is 0 Å². The minimum absolute atomic E-state index is 0.514. The molecule has 0 aromatic heterocycles. The lowest BCUT2D eigenvalue weighted by Crippen LogP contribution is -2.13. The van der Waals surface area contributed by atoms with Crippen LogP contribution < -0.4 is 0 Å². The SMILES string of the molecule is F[B-](F)(F)C=C1CCSCC1. The van der Waals surface area contributed by atoms with Gasteiger partial charge in [-0.1, -0.05) is 0 Å². The molecule has 1 aliphatic rings. The molecule has 0 aliphatic carbocycles. The van der Waals surface area contributed by atoms with Crippen molar-refractivity contribution >= 4 is 18.7 Å². The smallest absolute Gasteiger partial charge is 0.445 e. The molecule has 0 atom stereocenters. The number of allylic oxidation sites excluding steroid dienone is 1. The fourth-order valence-electron chi connectivity index (χ4n) is 1.07. The molecule has 1 aliphatic heterocycles. The Balaban J connectivity index is 2.50. The van der Waals surface area contributed by atoms with Crippen LogP contribution in [-0.4, -0.2) is 18.5 Å². The molecule has 0 aromatic carbocycles. The molecule has 0 nitrogen and oxygen atoms in total. The number of hydrogen-bond donors (Lipinski definition) is 0. The first-order valence-corrected chi connectivity index (χ1v) is 4.72. The second kappa shape index (κ2) is 3.56. The minimum atomic E-state index is -4.70. The Morgan fingerprint density at radius 2 is 1.73 bits per heavy atom. The van der Waals surface area contributed by atoms with Gasteiger partial charge in [0.15, 0.2) is 0 Å². The molecule has 0 saturated carbocycles. The largest absolute Gasteiger partial charge is 0.502 e. The predicted molar refractivity (Wildman–Crippen MR) is 43.7 cm³/mol. The van der Waals surface area contributed by atoms with E-state index in [2.05, 4.69) is 0 Å². The highest BCUT2D eigenvalue weighted by atomic mass is 32.2. The Morgan fingerprint density at radius 3 is 2.18 bits per heavy atom. The van der Waals surface area contributed by atoms with Crippen molar-refractivity contribution in [3.63, 3.8) is 0 Å². The van der Waals surface area contributed by atoms with Gasteiger partial charge in [-0.05, 0) is 24.3 Å². The molecule has 0 amide bonds. The molecule has 1 heterocycles. The van der Waals surface area contributed by atoms with Gasteiger partial charge in [-0.25, -0.2) is 0 Å². The summed E-state index contributed by atoms with van der Waals surface area (Å²) in [5, 5.41) is 0. The number of hydrogen-bond acceptors (Lipinski definition) is 1. The van der Waals surface area contributed by atoms with E-state index >= 15 is 0 Å². The third-order valence-electron chi connectivity index (χ3n) is 1.56. The molecule has 64 valence electrons. The molecule has 0 bridgehead atoms. The highest BCUT2D eigenvalue weighted by Gasteiger charge is 2.20. The Labute approximate surface area is 68.3 Å². The standard InChI is InChI=1S/C6H9BF3S/c8-7(9,10)5-6-1-3-11-4-2-6/h5H,1-4H2/q-1. The molecular formula is C6H9BF3S-. The van der Waals surface area contributed by atoms with Crippen LogP contribution in [0.4, 0.5) is 12.9 Å². The fraction of sp³-hybridized carbons (Fsp3) is 0.667. The van der Waals surface area contributed by atoms with Gasteiger partial charge in [-0.15, -0.1) is 11.5 Å². The molecular weight excluding hydrogens is 172 g/mol. The van der Waals surface area contributed by atoms with E-state index in [1.54, 1.807) is 11.8 Å². The van der Waals surface area contributed by atoms with E-state index in [0.29, 0.717) is 24.4 Å². The second-order valence-corrected chi connectivity index (χ2v) is 3.79. The van der Waals surface area contributed by atoms with Gasteiger partial charge < -0.3 is 12.9 Å². The van der Waals surface area contributed by atoms with Crippen LogP contribution >= 0.6 is 11.8 Å². The summed E-state index contributed by atoms with van der Waals surface area (Å²) in [4.78, 5) is 0. The van der Waals surface area contributed by atoms with E-state index in [9.17, 15) is 12.9 Å². The van der Waals surface area contributed by atoms with E-state index in [-0.39, 0.29) is 0 Å². The van der Waals surface area contributed by atoms with Gasteiger partial charge in [0.05, 0.1) is 0 Å². The third kappa shape index (κ3) is 3.75. The van der Waals surface area contributed by atoms with E-state index in [0.717, 1.165) is 11.5 Å². The van der Waals surface area contributed by atoms with Gasteiger partial charge in [0.25, 0.3) is 0 Å². The van der Waals surface area contributed by atoms with E-state index in [4.69, 9.17) is 0 Å². The van der Waals surface area contributed by atoms with Crippen LogP contribution in [0.5, 0.6) is 0 Å². The number of halogens is 3. The van der Waals surface area contributed by atoms with Crippen LogP contribution in [0.1, 0.15) is 12.8 Å². The molecule has 0 aromatic rings. The normalized spacial score (nSPS) is 20.1. The molecule has 5 heteroatoms. The Morgan fingerprint density at radius 1 is 1.18 bits per heavy atom. The molecule has 0 N–H and O–H groups in total. The lowest BCUT2D eigenvalue weighted by atomic mass is 9.87. The summed E-state index contributed by atoms with van der Waals surface area (Å²) in [5.74, 6) is 2.20. The van der Waals surface area contributed by atoms with Gasteiger partial charge in [0.1, 0.15) is 0 Å². The zero-order valence-electron chi connectivity index (χ0n) is 6.03. The fourth-order valence-corrected chi connectivity index (χ4v) is 2.08.